The molecule has 0 saturated heterocycles. The van der Waals surface area contributed by atoms with Crippen molar-refractivity contribution in [3.8, 4) is 6.07 Å². The number of methoxy groups -OCH3 is 1. The van der Waals surface area contributed by atoms with Gasteiger partial charge < -0.3 is 14.8 Å². The molecule has 1 saturated carbocycles. The van der Waals surface area contributed by atoms with Crippen LogP contribution in [-0.2, 0) is 9.47 Å². The Kier molecular flexibility index (Phi) is 4.19. The largest absolute Gasteiger partial charge is 0.379 e. The summed E-state index contributed by atoms with van der Waals surface area (Å²) >= 11 is 0. The Morgan fingerprint density at radius 2 is 2.33 bits per heavy atom. The molecule has 1 aliphatic carbocycles. The van der Waals surface area contributed by atoms with Gasteiger partial charge in [0.1, 0.15) is 6.10 Å². The molecule has 1 fully saturated rings. The fourth-order valence-corrected chi connectivity index (χ4v) is 2.31. The quantitative estimate of drug-likeness (QED) is 0.865. The Bertz CT molecular complexity index is 442. The first kappa shape index (κ1) is 12.9. The fraction of sp³-hybridized carbons (Fsp3) is 0.500. The van der Waals surface area contributed by atoms with Crippen molar-refractivity contribution in [2.45, 2.75) is 31.6 Å². The monoisotopic (exact) mass is 246 g/mol. The third kappa shape index (κ3) is 2.63. The van der Waals surface area contributed by atoms with Crippen molar-refractivity contribution in [1.29, 1.82) is 5.26 Å². The molecule has 0 aliphatic heterocycles. The van der Waals surface area contributed by atoms with E-state index < -0.39 is 0 Å². The molecule has 3 atom stereocenters. The van der Waals surface area contributed by atoms with E-state index in [2.05, 4.69) is 11.4 Å². The van der Waals surface area contributed by atoms with Crippen LogP contribution in [-0.4, -0.2) is 32.0 Å². The summed E-state index contributed by atoms with van der Waals surface area (Å²) in [5.41, 5.74) is 1.62. The highest BCUT2D eigenvalue weighted by atomic mass is 16.5. The predicted molar refractivity (Wildman–Crippen MR) is 69.4 cm³/mol. The molecule has 0 radical (unpaired) electrons. The van der Waals surface area contributed by atoms with E-state index in [1.807, 2.05) is 25.1 Å². The topological polar surface area (TPSA) is 54.3 Å². The summed E-state index contributed by atoms with van der Waals surface area (Å²) in [6.45, 7) is 2.70. The SMILES string of the molecule is CCOC1CC(Nc2cccc(C#N)c2)C1OC. The van der Waals surface area contributed by atoms with Gasteiger partial charge >= 0.3 is 0 Å². The van der Waals surface area contributed by atoms with Crippen molar-refractivity contribution in [3.63, 3.8) is 0 Å². The fourth-order valence-electron chi connectivity index (χ4n) is 2.31. The normalized spacial score (nSPS) is 26.2. The number of nitriles is 1. The minimum absolute atomic E-state index is 0.0793. The van der Waals surface area contributed by atoms with Gasteiger partial charge in [-0.2, -0.15) is 5.26 Å². The first-order chi connectivity index (χ1) is 8.78. The Morgan fingerprint density at radius 1 is 1.50 bits per heavy atom. The minimum Gasteiger partial charge on any atom is -0.379 e. The van der Waals surface area contributed by atoms with Gasteiger partial charge in [0.2, 0.25) is 0 Å². The van der Waals surface area contributed by atoms with Gasteiger partial charge in [-0.05, 0) is 31.5 Å². The van der Waals surface area contributed by atoms with Gasteiger partial charge in [0.05, 0.1) is 23.8 Å². The minimum atomic E-state index is 0.0793. The average Bonchev–Trinajstić information content (AvgIpc) is 2.38. The summed E-state index contributed by atoms with van der Waals surface area (Å²) < 4.78 is 11.0. The van der Waals surface area contributed by atoms with E-state index >= 15 is 0 Å². The first-order valence-electron chi connectivity index (χ1n) is 6.19. The van der Waals surface area contributed by atoms with Crippen LogP contribution < -0.4 is 5.32 Å². The molecule has 1 aromatic carbocycles. The standard InChI is InChI=1S/C14H18N2O2/c1-3-18-13-8-12(14(13)17-2)16-11-6-4-5-10(7-11)9-15/h4-7,12-14,16H,3,8H2,1-2H3. The van der Waals surface area contributed by atoms with Crippen LogP contribution in [0.4, 0.5) is 5.69 Å². The number of nitrogens with one attached hydrogen (secondary N) is 1. The summed E-state index contributed by atoms with van der Waals surface area (Å²) in [7, 11) is 1.70. The maximum absolute atomic E-state index is 8.86. The summed E-state index contributed by atoms with van der Waals surface area (Å²) in [5, 5.41) is 12.2. The highest BCUT2D eigenvalue weighted by Crippen LogP contribution is 2.29. The lowest BCUT2D eigenvalue weighted by molar-refractivity contribution is -0.118. The zero-order valence-corrected chi connectivity index (χ0v) is 10.7. The second-order valence-electron chi connectivity index (χ2n) is 4.37. The van der Waals surface area contributed by atoms with Crippen molar-refractivity contribution in [1.82, 2.24) is 0 Å². The van der Waals surface area contributed by atoms with Crippen LogP contribution >= 0.6 is 0 Å². The molecule has 4 nitrogen and oxygen atoms in total. The molecule has 3 unspecified atom stereocenters. The molecule has 2 rings (SSSR count). The summed E-state index contributed by atoms with van der Waals surface area (Å²) in [6, 6.07) is 9.86. The van der Waals surface area contributed by atoms with Crippen LogP contribution in [0.15, 0.2) is 24.3 Å². The van der Waals surface area contributed by atoms with Gasteiger partial charge in [0, 0.05) is 19.4 Å². The number of benzene rings is 1. The van der Waals surface area contributed by atoms with E-state index in [1.54, 1.807) is 13.2 Å². The predicted octanol–water partition coefficient (Wildman–Crippen LogP) is 2.16. The summed E-state index contributed by atoms with van der Waals surface area (Å²) in [5.74, 6) is 0. The van der Waals surface area contributed by atoms with Gasteiger partial charge in [0.25, 0.3) is 0 Å². The van der Waals surface area contributed by atoms with Crippen molar-refractivity contribution in [2.24, 2.45) is 0 Å². The van der Waals surface area contributed by atoms with Crippen molar-refractivity contribution >= 4 is 5.69 Å². The average molecular weight is 246 g/mol. The third-order valence-corrected chi connectivity index (χ3v) is 3.25. The smallest absolute Gasteiger partial charge is 0.103 e. The Morgan fingerprint density at radius 3 is 3.00 bits per heavy atom. The maximum Gasteiger partial charge on any atom is 0.103 e. The molecule has 18 heavy (non-hydrogen) atoms. The van der Waals surface area contributed by atoms with Crippen LogP contribution in [0, 0.1) is 11.3 Å². The number of ether oxygens (including phenoxy) is 2. The van der Waals surface area contributed by atoms with Crippen LogP contribution in [0.5, 0.6) is 0 Å². The van der Waals surface area contributed by atoms with E-state index in [-0.39, 0.29) is 18.2 Å². The lowest BCUT2D eigenvalue weighted by atomic mass is 9.85. The van der Waals surface area contributed by atoms with E-state index in [9.17, 15) is 0 Å². The zero-order valence-electron chi connectivity index (χ0n) is 10.7. The molecule has 1 aromatic rings. The zero-order chi connectivity index (χ0) is 13.0. The number of anilines is 1. The van der Waals surface area contributed by atoms with Crippen molar-refractivity contribution in [3.05, 3.63) is 29.8 Å². The van der Waals surface area contributed by atoms with E-state index in [4.69, 9.17) is 14.7 Å². The molecule has 0 bridgehead atoms. The number of hydrogen-bond donors (Lipinski definition) is 1. The lowest BCUT2D eigenvalue weighted by Crippen LogP contribution is -2.56. The Labute approximate surface area is 108 Å². The van der Waals surface area contributed by atoms with E-state index in [1.165, 1.54) is 0 Å². The van der Waals surface area contributed by atoms with Crippen molar-refractivity contribution in [2.75, 3.05) is 19.0 Å². The molecule has 0 spiro atoms. The third-order valence-electron chi connectivity index (χ3n) is 3.25. The molecular weight excluding hydrogens is 228 g/mol. The van der Waals surface area contributed by atoms with Crippen LogP contribution in [0.1, 0.15) is 18.9 Å². The number of hydrogen-bond acceptors (Lipinski definition) is 4. The molecule has 0 amide bonds. The molecule has 96 valence electrons. The van der Waals surface area contributed by atoms with Crippen molar-refractivity contribution < 1.29 is 9.47 Å². The molecule has 1 N–H and O–H groups in total. The van der Waals surface area contributed by atoms with Gasteiger partial charge in [-0.15, -0.1) is 0 Å². The van der Waals surface area contributed by atoms with E-state index in [0.29, 0.717) is 12.2 Å². The lowest BCUT2D eigenvalue weighted by Gasteiger charge is -2.43. The summed E-state index contributed by atoms with van der Waals surface area (Å²) in [6.07, 6.45) is 1.19. The van der Waals surface area contributed by atoms with Crippen LogP contribution in [0.25, 0.3) is 0 Å². The van der Waals surface area contributed by atoms with E-state index in [0.717, 1.165) is 12.1 Å². The van der Waals surface area contributed by atoms with Gasteiger partial charge in [-0.25, -0.2) is 0 Å². The number of nitrogens with zero attached hydrogens (tertiary/aromatic N) is 1. The summed E-state index contributed by atoms with van der Waals surface area (Å²) in [4.78, 5) is 0. The molecule has 1 aliphatic rings. The molecular formula is C14H18N2O2. The van der Waals surface area contributed by atoms with Gasteiger partial charge in [0.15, 0.2) is 0 Å². The van der Waals surface area contributed by atoms with Gasteiger partial charge in [-0.1, -0.05) is 6.07 Å². The second kappa shape index (κ2) is 5.85. The molecule has 0 heterocycles. The Hall–Kier alpha value is -1.57. The highest BCUT2D eigenvalue weighted by molar-refractivity contribution is 5.50. The molecule has 0 aromatic heterocycles. The van der Waals surface area contributed by atoms with Crippen LogP contribution in [0.2, 0.25) is 0 Å². The van der Waals surface area contributed by atoms with Gasteiger partial charge in [-0.3, -0.25) is 0 Å². The highest BCUT2D eigenvalue weighted by Gasteiger charge is 2.42. The Balaban J connectivity index is 1.96. The first-order valence-corrected chi connectivity index (χ1v) is 6.19. The second-order valence-corrected chi connectivity index (χ2v) is 4.37. The van der Waals surface area contributed by atoms with Crippen LogP contribution in [0.3, 0.4) is 0 Å². The molecule has 4 heteroatoms. The maximum atomic E-state index is 8.86. The number of rotatable bonds is 5.